The molecule has 3 heteroatoms. The highest BCUT2D eigenvalue weighted by atomic mass is 17.2. The van der Waals surface area contributed by atoms with Crippen LogP contribution in [-0.2, 0) is 9.78 Å². The van der Waals surface area contributed by atoms with Crippen molar-refractivity contribution in [3.63, 3.8) is 0 Å². The summed E-state index contributed by atoms with van der Waals surface area (Å²) < 4.78 is 0. The molecular formula is C9H17NO2. The number of nitrogens with zero attached hydrogens (tertiary/aromatic N) is 1. The van der Waals surface area contributed by atoms with E-state index < -0.39 is 0 Å². The first-order valence-electron chi connectivity index (χ1n) is 4.50. The van der Waals surface area contributed by atoms with Gasteiger partial charge in [0.1, 0.15) is 6.26 Å². The maximum absolute atomic E-state index is 4.62. The van der Waals surface area contributed by atoms with Crippen molar-refractivity contribution in [2.24, 2.45) is 0 Å². The average Bonchev–Trinajstić information content (AvgIpc) is 2.14. The van der Waals surface area contributed by atoms with Gasteiger partial charge in [-0.1, -0.05) is 6.42 Å². The molecule has 0 bridgehead atoms. The van der Waals surface area contributed by atoms with Gasteiger partial charge in [0, 0.05) is 6.54 Å². The highest BCUT2D eigenvalue weighted by Crippen LogP contribution is 2.07. The van der Waals surface area contributed by atoms with Crippen LogP contribution in [0.15, 0.2) is 12.3 Å². The van der Waals surface area contributed by atoms with Crippen LogP contribution in [0.5, 0.6) is 0 Å². The number of hydrogen-bond donors (Lipinski definition) is 0. The van der Waals surface area contributed by atoms with Gasteiger partial charge >= 0.3 is 0 Å². The Labute approximate surface area is 73.9 Å². The second kappa shape index (κ2) is 6.03. The Morgan fingerprint density at radius 3 is 2.67 bits per heavy atom. The molecule has 0 atom stereocenters. The van der Waals surface area contributed by atoms with Crippen LogP contribution >= 0.6 is 0 Å². The van der Waals surface area contributed by atoms with E-state index in [1.807, 2.05) is 6.08 Å². The van der Waals surface area contributed by atoms with E-state index in [1.165, 1.54) is 39.5 Å². The molecule has 1 rings (SSSR count). The quantitative estimate of drug-likeness (QED) is 0.364. The highest BCUT2D eigenvalue weighted by molar-refractivity contribution is 4.79. The zero-order valence-electron chi connectivity index (χ0n) is 7.66. The highest BCUT2D eigenvalue weighted by Gasteiger charge is 2.07. The van der Waals surface area contributed by atoms with E-state index in [0.29, 0.717) is 0 Å². The summed E-state index contributed by atoms with van der Waals surface area (Å²) in [6, 6.07) is 0. The summed E-state index contributed by atoms with van der Waals surface area (Å²) in [5.41, 5.74) is 0. The zero-order valence-corrected chi connectivity index (χ0v) is 7.66. The van der Waals surface area contributed by atoms with E-state index in [1.54, 1.807) is 6.26 Å². The Morgan fingerprint density at radius 2 is 2.00 bits per heavy atom. The molecule has 70 valence electrons. The van der Waals surface area contributed by atoms with Gasteiger partial charge in [-0.25, -0.2) is 0 Å². The van der Waals surface area contributed by atoms with Crippen LogP contribution in [0.4, 0.5) is 0 Å². The topological polar surface area (TPSA) is 21.7 Å². The van der Waals surface area contributed by atoms with Gasteiger partial charge in [0.2, 0.25) is 0 Å². The Kier molecular flexibility index (Phi) is 4.80. The summed E-state index contributed by atoms with van der Waals surface area (Å²) in [6.07, 6.45) is 7.62. The van der Waals surface area contributed by atoms with Gasteiger partial charge in [0.05, 0.1) is 7.11 Å². The third kappa shape index (κ3) is 3.74. The first kappa shape index (κ1) is 9.55. The number of rotatable bonds is 4. The fraction of sp³-hybridized carbons (Fsp3) is 0.778. The van der Waals surface area contributed by atoms with Crippen molar-refractivity contribution in [2.45, 2.75) is 19.3 Å². The average molecular weight is 171 g/mol. The van der Waals surface area contributed by atoms with Crippen molar-refractivity contribution in [1.82, 2.24) is 4.90 Å². The minimum Gasteiger partial charge on any atom is -0.346 e. The van der Waals surface area contributed by atoms with Gasteiger partial charge in [-0.05, 0) is 32.0 Å². The third-order valence-electron chi connectivity index (χ3n) is 2.06. The summed E-state index contributed by atoms with van der Waals surface area (Å²) in [5.74, 6) is 0. The molecule has 0 aromatic heterocycles. The van der Waals surface area contributed by atoms with Gasteiger partial charge in [-0.2, -0.15) is 4.89 Å². The second-order valence-electron chi connectivity index (χ2n) is 3.00. The van der Waals surface area contributed by atoms with Gasteiger partial charge < -0.3 is 4.89 Å². The van der Waals surface area contributed by atoms with Crippen molar-refractivity contribution in [2.75, 3.05) is 26.7 Å². The standard InChI is InChI=1S/C9H17NO2/c1-11-12-9-5-8-10-6-3-2-4-7-10/h5,9H,2-4,6-8H2,1H3/b9-5+. The molecule has 0 spiro atoms. The van der Waals surface area contributed by atoms with Gasteiger partial charge in [0.25, 0.3) is 0 Å². The van der Waals surface area contributed by atoms with Crippen molar-refractivity contribution in [1.29, 1.82) is 0 Å². The SMILES string of the molecule is COO/C=C/CN1CCCCC1. The molecule has 0 unspecified atom stereocenters. The Bertz CT molecular complexity index is 130. The molecule has 1 fully saturated rings. The van der Waals surface area contributed by atoms with Crippen molar-refractivity contribution in [3.05, 3.63) is 12.3 Å². The van der Waals surface area contributed by atoms with Crippen LogP contribution in [-0.4, -0.2) is 31.6 Å². The molecule has 0 radical (unpaired) electrons. The number of likely N-dealkylation sites (tertiary alicyclic amines) is 1. The monoisotopic (exact) mass is 171 g/mol. The molecule has 1 heterocycles. The van der Waals surface area contributed by atoms with Crippen LogP contribution in [0.3, 0.4) is 0 Å². The normalized spacial score (nSPS) is 20.1. The molecule has 1 aliphatic heterocycles. The van der Waals surface area contributed by atoms with Crippen molar-refractivity contribution >= 4 is 0 Å². The molecule has 0 aliphatic carbocycles. The number of hydrogen-bond acceptors (Lipinski definition) is 3. The second-order valence-corrected chi connectivity index (χ2v) is 3.00. The fourth-order valence-corrected chi connectivity index (χ4v) is 1.43. The van der Waals surface area contributed by atoms with Crippen LogP contribution in [0.1, 0.15) is 19.3 Å². The summed E-state index contributed by atoms with van der Waals surface area (Å²) in [7, 11) is 1.51. The molecule has 0 aromatic rings. The van der Waals surface area contributed by atoms with E-state index >= 15 is 0 Å². The van der Waals surface area contributed by atoms with E-state index in [9.17, 15) is 0 Å². The minimum absolute atomic E-state index is 0.976. The van der Waals surface area contributed by atoms with Gasteiger partial charge in [-0.15, -0.1) is 0 Å². The molecule has 0 amide bonds. The summed E-state index contributed by atoms with van der Waals surface area (Å²) in [5, 5.41) is 0. The lowest BCUT2D eigenvalue weighted by Crippen LogP contribution is -2.29. The summed E-state index contributed by atoms with van der Waals surface area (Å²) in [4.78, 5) is 11.5. The van der Waals surface area contributed by atoms with Crippen molar-refractivity contribution in [3.8, 4) is 0 Å². The molecule has 3 nitrogen and oxygen atoms in total. The smallest absolute Gasteiger partial charge is 0.126 e. The lowest BCUT2D eigenvalue weighted by molar-refractivity contribution is -0.222. The molecule has 0 aromatic carbocycles. The van der Waals surface area contributed by atoms with E-state index in [-0.39, 0.29) is 0 Å². The largest absolute Gasteiger partial charge is 0.346 e. The Hall–Kier alpha value is -0.540. The fourth-order valence-electron chi connectivity index (χ4n) is 1.43. The molecule has 0 N–H and O–H groups in total. The first-order valence-corrected chi connectivity index (χ1v) is 4.50. The van der Waals surface area contributed by atoms with Crippen molar-refractivity contribution < 1.29 is 9.78 Å². The predicted molar refractivity (Wildman–Crippen MR) is 47.5 cm³/mol. The Morgan fingerprint density at radius 1 is 1.25 bits per heavy atom. The lowest BCUT2D eigenvalue weighted by Gasteiger charge is -2.24. The van der Waals surface area contributed by atoms with Crippen LogP contribution in [0.2, 0.25) is 0 Å². The molecule has 1 saturated heterocycles. The maximum atomic E-state index is 4.62. The van der Waals surface area contributed by atoms with Gasteiger partial charge in [0.15, 0.2) is 0 Å². The predicted octanol–water partition coefficient (Wildman–Crippen LogP) is 1.56. The zero-order chi connectivity index (χ0) is 8.65. The first-order chi connectivity index (χ1) is 5.93. The van der Waals surface area contributed by atoms with E-state index in [4.69, 9.17) is 0 Å². The molecule has 0 saturated carbocycles. The van der Waals surface area contributed by atoms with Gasteiger partial charge in [-0.3, -0.25) is 4.90 Å². The van der Waals surface area contributed by atoms with E-state index in [0.717, 1.165) is 6.54 Å². The van der Waals surface area contributed by atoms with E-state index in [2.05, 4.69) is 14.7 Å². The molecule has 12 heavy (non-hydrogen) atoms. The lowest BCUT2D eigenvalue weighted by atomic mass is 10.1. The van der Waals surface area contributed by atoms with Crippen LogP contribution < -0.4 is 0 Å². The van der Waals surface area contributed by atoms with Crippen LogP contribution in [0, 0.1) is 0 Å². The molecule has 1 aliphatic rings. The third-order valence-corrected chi connectivity index (χ3v) is 2.06. The van der Waals surface area contributed by atoms with Crippen LogP contribution in [0.25, 0.3) is 0 Å². The summed E-state index contributed by atoms with van der Waals surface area (Å²) >= 11 is 0. The minimum atomic E-state index is 0.976. The summed E-state index contributed by atoms with van der Waals surface area (Å²) in [6.45, 7) is 3.41. The Balaban J connectivity index is 2.04. The number of piperidine rings is 1. The maximum Gasteiger partial charge on any atom is 0.126 e. The molecular weight excluding hydrogens is 154 g/mol.